The maximum atomic E-state index is 11.8. The van der Waals surface area contributed by atoms with Crippen LogP contribution >= 0.6 is 57.4 Å². The molecule has 1 N–H and O–H groups in total. The summed E-state index contributed by atoms with van der Waals surface area (Å²) in [5.41, 5.74) is 0.225. The van der Waals surface area contributed by atoms with Crippen molar-refractivity contribution in [1.82, 2.24) is 0 Å². The van der Waals surface area contributed by atoms with Crippen molar-refractivity contribution < 1.29 is 13.5 Å². The number of halogens is 4. The van der Waals surface area contributed by atoms with Gasteiger partial charge in [-0.25, -0.2) is 8.42 Å². The topological polar surface area (TPSA) is 54.4 Å². The lowest BCUT2D eigenvalue weighted by Gasteiger charge is -2.26. The van der Waals surface area contributed by atoms with Gasteiger partial charge in [0.05, 0.1) is 5.75 Å². The van der Waals surface area contributed by atoms with E-state index in [0.29, 0.717) is 5.02 Å². The van der Waals surface area contributed by atoms with E-state index in [1.807, 2.05) is 0 Å². The summed E-state index contributed by atoms with van der Waals surface area (Å²) in [6, 6.07) is 4.38. The van der Waals surface area contributed by atoms with Gasteiger partial charge < -0.3 is 5.11 Å². The Morgan fingerprint density at radius 2 is 2.00 bits per heavy atom. The summed E-state index contributed by atoms with van der Waals surface area (Å²) >= 11 is 19.1. The van der Waals surface area contributed by atoms with Gasteiger partial charge in [-0.1, -0.05) is 47.8 Å². The minimum absolute atomic E-state index is 0.169. The van der Waals surface area contributed by atoms with Gasteiger partial charge in [-0.3, -0.25) is 0 Å². The number of benzene rings is 1. The number of alkyl halides is 2. The number of rotatable bonds is 4. The highest BCUT2D eigenvalue weighted by Gasteiger charge is 2.46. The Morgan fingerprint density at radius 1 is 1.44 bits per heavy atom. The van der Waals surface area contributed by atoms with Crippen LogP contribution in [-0.4, -0.2) is 21.5 Å². The summed E-state index contributed by atoms with van der Waals surface area (Å²) in [6.45, 7) is 1.46. The van der Waals surface area contributed by atoms with Gasteiger partial charge in [0.2, 0.25) is 2.21 Å². The molecule has 0 saturated carbocycles. The Labute approximate surface area is 134 Å². The Balaban J connectivity index is 3.26. The predicted molar refractivity (Wildman–Crippen MR) is 83.5 cm³/mol. The molecule has 0 aromatic heterocycles. The first-order chi connectivity index (χ1) is 8.13. The number of hydrogen-bond donors (Lipinski definition) is 1. The summed E-state index contributed by atoms with van der Waals surface area (Å²) in [5, 5.41) is 10.7. The van der Waals surface area contributed by atoms with Crippen LogP contribution < -0.4 is 0 Å². The molecule has 2 atom stereocenters. The van der Waals surface area contributed by atoms with Gasteiger partial charge in [0.1, 0.15) is 6.10 Å². The molecular weight excluding hydrogens is 433 g/mol. The van der Waals surface area contributed by atoms with Crippen LogP contribution in [0.1, 0.15) is 18.6 Å². The number of aliphatic hydroxyl groups is 1. The van der Waals surface area contributed by atoms with Crippen LogP contribution in [-0.2, 0) is 9.84 Å². The van der Waals surface area contributed by atoms with Crippen molar-refractivity contribution in [3.63, 3.8) is 0 Å². The van der Waals surface area contributed by atoms with E-state index < -0.39 is 18.2 Å². The molecular formula is C10H10Cl3IO3S. The van der Waals surface area contributed by atoms with Crippen molar-refractivity contribution in [2.45, 2.75) is 15.2 Å². The smallest absolute Gasteiger partial charge is 0.225 e. The highest BCUT2D eigenvalue weighted by molar-refractivity contribution is 14.1. The average Bonchev–Trinajstić information content (AvgIpc) is 2.28. The summed E-state index contributed by atoms with van der Waals surface area (Å²) in [4.78, 5) is 0. The van der Waals surface area contributed by atoms with Crippen LogP contribution in [0.2, 0.25) is 10.0 Å². The molecule has 0 unspecified atom stereocenters. The van der Waals surface area contributed by atoms with Crippen molar-refractivity contribution in [1.29, 1.82) is 0 Å². The molecule has 0 heterocycles. The summed E-state index contributed by atoms with van der Waals surface area (Å²) in [7, 11) is -3.66. The monoisotopic (exact) mass is 442 g/mol. The van der Waals surface area contributed by atoms with Gasteiger partial charge in [-0.2, -0.15) is 0 Å². The molecule has 0 amide bonds. The summed E-state index contributed by atoms with van der Waals surface area (Å²) < 4.78 is 21.8. The molecule has 102 valence electrons. The second kappa shape index (κ2) is 6.01. The lowest BCUT2D eigenvalue weighted by molar-refractivity contribution is 0.187. The van der Waals surface area contributed by atoms with Gasteiger partial charge in [0, 0.05) is 15.6 Å². The SMILES string of the molecule is CCS(=O)(=O)[C@@](Cl)(I)[C@H](O)c1ccc(Cl)cc1Cl. The third-order valence-electron chi connectivity index (χ3n) is 2.37. The van der Waals surface area contributed by atoms with E-state index in [4.69, 9.17) is 34.8 Å². The molecule has 0 saturated heterocycles. The van der Waals surface area contributed by atoms with Crippen molar-refractivity contribution in [3.8, 4) is 0 Å². The maximum absolute atomic E-state index is 11.8. The van der Waals surface area contributed by atoms with E-state index in [1.54, 1.807) is 0 Å². The third-order valence-corrected chi connectivity index (χ3v) is 8.26. The lowest BCUT2D eigenvalue weighted by atomic mass is 10.1. The maximum Gasteiger partial charge on any atom is 0.225 e. The molecule has 3 nitrogen and oxygen atoms in total. The van der Waals surface area contributed by atoms with Crippen LogP contribution in [0.4, 0.5) is 0 Å². The second-order valence-corrected chi connectivity index (χ2v) is 10.7. The van der Waals surface area contributed by atoms with E-state index in [0.717, 1.165) is 0 Å². The van der Waals surface area contributed by atoms with E-state index >= 15 is 0 Å². The normalized spacial score (nSPS) is 17.2. The molecule has 18 heavy (non-hydrogen) atoms. The van der Waals surface area contributed by atoms with Crippen LogP contribution in [0.5, 0.6) is 0 Å². The minimum atomic E-state index is -3.66. The van der Waals surface area contributed by atoms with E-state index in [1.165, 1.54) is 47.7 Å². The molecule has 0 aliphatic rings. The van der Waals surface area contributed by atoms with E-state index in [2.05, 4.69) is 0 Å². The fourth-order valence-electron chi connectivity index (χ4n) is 1.27. The zero-order valence-electron chi connectivity index (χ0n) is 9.20. The van der Waals surface area contributed by atoms with Crippen molar-refractivity contribution in [2.24, 2.45) is 0 Å². The zero-order valence-corrected chi connectivity index (χ0v) is 14.4. The molecule has 0 spiro atoms. The first-order valence-corrected chi connectivity index (χ1v) is 8.73. The Morgan fingerprint density at radius 3 is 2.44 bits per heavy atom. The van der Waals surface area contributed by atoms with Crippen LogP contribution in [0, 0.1) is 0 Å². The van der Waals surface area contributed by atoms with Crippen molar-refractivity contribution in [2.75, 3.05) is 5.75 Å². The lowest BCUT2D eigenvalue weighted by Crippen LogP contribution is -2.34. The van der Waals surface area contributed by atoms with Gasteiger partial charge in [0.25, 0.3) is 0 Å². The minimum Gasteiger partial charge on any atom is -0.385 e. The molecule has 1 aromatic rings. The molecule has 0 bridgehead atoms. The van der Waals surface area contributed by atoms with Crippen LogP contribution in [0.25, 0.3) is 0 Å². The van der Waals surface area contributed by atoms with Gasteiger partial charge >= 0.3 is 0 Å². The Bertz CT molecular complexity index is 545. The second-order valence-electron chi connectivity index (χ2n) is 3.53. The first-order valence-electron chi connectivity index (χ1n) is 4.86. The van der Waals surface area contributed by atoms with Crippen molar-refractivity contribution in [3.05, 3.63) is 33.8 Å². The fraction of sp³-hybridized carbons (Fsp3) is 0.400. The van der Waals surface area contributed by atoms with Gasteiger partial charge in [-0.15, -0.1) is 0 Å². The van der Waals surface area contributed by atoms with E-state index in [-0.39, 0.29) is 16.3 Å². The molecule has 0 aliphatic carbocycles. The molecule has 0 fully saturated rings. The summed E-state index contributed by atoms with van der Waals surface area (Å²) in [5.74, 6) is -0.179. The Hall–Kier alpha value is 0.730. The molecule has 0 radical (unpaired) electrons. The number of sulfone groups is 1. The zero-order chi connectivity index (χ0) is 14.1. The standard InChI is InChI=1S/C10H10Cl3IO3S/c1-2-18(16,17)10(13,14)9(15)7-4-3-6(11)5-8(7)12/h3-5,9,15H,2H2,1H3/t9-,10+/m1/s1. The molecule has 1 aromatic carbocycles. The number of hydrogen-bond acceptors (Lipinski definition) is 3. The van der Waals surface area contributed by atoms with Crippen molar-refractivity contribution >= 4 is 67.2 Å². The van der Waals surface area contributed by atoms with Gasteiger partial charge in [-0.05, 0) is 34.7 Å². The fourth-order valence-corrected chi connectivity index (χ4v) is 4.35. The van der Waals surface area contributed by atoms with Crippen LogP contribution in [0.15, 0.2) is 18.2 Å². The highest BCUT2D eigenvalue weighted by atomic mass is 127. The van der Waals surface area contributed by atoms with E-state index in [9.17, 15) is 13.5 Å². The quantitative estimate of drug-likeness (QED) is 0.569. The summed E-state index contributed by atoms with van der Waals surface area (Å²) in [6.07, 6.45) is -1.45. The first kappa shape index (κ1) is 16.8. The predicted octanol–water partition coefficient (Wildman–Crippen LogP) is 3.79. The highest BCUT2D eigenvalue weighted by Crippen LogP contribution is 2.45. The van der Waals surface area contributed by atoms with Gasteiger partial charge in [0.15, 0.2) is 9.84 Å². The largest absolute Gasteiger partial charge is 0.385 e. The third kappa shape index (κ3) is 3.24. The molecule has 8 heteroatoms. The molecule has 1 rings (SSSR count). The van der Waals surface area contributed by atoms with Crippen LogP contribution in [0.3, 0.4) is 0 Å². The number of aliphatic hydroxyl groups excluding tert-OH is 1. The molecule has 0 aliphatic heterocycles. The average molecular weight is 444 g/mol. The Kier molecular flexibility index (Phi) is 5.61.